The summed E-state index contributed by atoms with van der Waals surface area (Å²) in [6.07, 6.45) is 6.47. The van der Waals surface area contributed by atoms with E-state index in [-0.39, 0.29) is 11.1 Å². The summed E-state index contributed by atoms with van der Waals surface area (Å²) in [5.41, 5.74) is 0.361. The molecule has 1 saturated carbocycles. The fourth-order valence-corrected chi connectivity index (χ4v) is 2.91. The highest BCUT2D eigenvalue weighted by atomic mass is 35.5. The molecule has 2 heterocycles. The molecule has 0 N–H and O–H groups in total. The molecule has 0 radical (unpaired) electrons. The zero-order valence-corrected chi connectivity index (χ0v) is 9.52. The predicted octanol–water partition coefficient (Wildman–Crippen LogP) is 1.75. The van der Waals surface area contributed by atoms with Gasteiger partial charge in [0.2, 0.25) is 0 Å². The van der Waals surface area contributed by atoms with E-state index >= 15 is 0 Å². The summed E-state index contributed by atoms with van der Waals surface area (Å²) >= 11 is 5.73. The highest BCUT2D eigenvalue weighted by Gasteiger charge is 2.40. The van der Waals surface area contributed by atoms with Crippen LogP contribution in [0.3, 0.4) is 0 Å². The Morgan fingerprint density at radius 3 is 2.94 bits per heavy atom. The van der Waals surface area contributed by atoms with Crippen LogP contribution in [0.2, 0.25) is 5.15 Å². The number of halogens is 1. The minimum atomic E-state index is -0.0257. The molecule has 84 valence electrons. The molecule has 1 aliphatic carbocycles. The average Bonchev–Trinajstić information content (AvgIpc) is 2.89. The van der Waals surface area contributed by atoms with Gasteiger partial charge in [-0.15, -0.1) is 0 Å². The quantitative estimate of drug-likeness (QED) is 0.748. The molecule has 16 heavy (non-hydrogen) atoms. The average molecular weight is 238 g/mol. The monoisotopic (exact) mass is 237 g/mol. The van der Waals surface area contributed by atoms with E-state index in [2.05, 4.69) is 9.97 Å². The number of amides is 1. The zero-order valence-electron chi connectivity index (χ0n) is 8.77. The fraction of sp³-hybridized carbons (Fsp3) is 0.545. The standard InChI is InChI=1S/C11H12ClN3O/c12-10-5-13-4-9(14-10)11(16)15-6-7-1-2-8(15)3-7/h4-5,7-8H,1-3,6H2. The van der Waals surface area contributed by atoms with E-state index in [0.717, 1.165) is 19.4 Å². The summed E-state index contributed by atoms with van der Waals surface area (Å²) in [7, 11) is 0. The Labute approximate surface area is 98.6 Å². The molecule has 1 aromatic heterocycles. The van der Waals surface area contributed by atoms with E-state index in [1.165, 1.54) is 18.8 Å². The summed E-state index contributed by atoms with van der Waals surface area (Å²) in [5, 5.41) is 0.273. The van der Waals surface area contributed by atoms with Crippen molar-refractivity contribution in [3.63, 3.8) is 0 Å². The molecule has 2 unspecified atom stereocenters. The minimum absolute atomic E-state index is 0.0257. The Morgan fingerprint density at radius 2 is 2.31 bits per heavy atom. The summed E-state index contributed by atoms with van der Waals surface area (Å²) in [6, 6.07) is 0.415. The van der Waals surface area contributed by atoms with Crippen LogP contribution in [-0.2, 0) is 0 Å². The Balaban J connectivity index is 1.83. The van der Waals surface area contributed by atoms with Gasteiger partial charge >= 0.3 is 0 Å². The Morgan fingerprint density at radius 1 is 1.44 bits per heavy atom. The van der Waals surface area contributed by atoms with Gasteiger partial charge in [-0.05, 0) is 25.2 Å². The lowest BCUT2D eigenvalue weighted by Gasteiger charge is -2.26. The maximum absolute atomic E-state index is 12.2. The lowest BCUT2D eigenvalue weighted by atomic mass is 10.1. The molecular formula is C11H12ClN3O. The van der Waals surface area contributed by atoms with E-state index in [9.17, 15) is 4.79 Å². The molecule has 1 saturated heterocycles. The third-order valence-corrected chi connectivity index (χ3v) is 3.68. The largest absolute Gasteiger partial charge is 0.334 e. The van der Waals surface area contributed by atoms with Gasteiger partial charge in [-0.1, -0.05) is 11.6 Å². The molecular weight excluding hydrogens is 226 g/mol. The lowest BCUT2D eigenvalue weighted by molar-refractivity contribution is 0.0697. The summed E-state index contributed by atoms with van der Waals surface area (Å²) in [4.78, 5) is 22.0. The molecule has 1 aliphatic heterocycles. The molecule has 0 spiro atoms. The number of piperidine rings is 1. The summed E-state index contributed by atoms with van der Waals surface area (Å²) in [5.74, 6) is 0.670. The van der Waals surface area contributed by atoms with Crippen LogP contribution < -0.4 is 0 Å². The molecule has 4 nitrogen and oxygen atoms in total. The van der Waals surface area contributed by atoms with Gasteiger partial charge < -0.3 is 4.90 Å². The van der Waals surface area contributed by atoms with E-state index < -0.39 is 0 Å². The smallest absolute Gasteiger partial charge is 0.274 e. The first-order valence-corrected chi connectivity index (χ1v) is 5.90. The number of carbonyl (C=O) groups is 1. The van der Waals surface area contributed by atoms with Crippen LogP contribution in [0.5, 0.6) is 0 Å². The van der Waals surface area contributed by atoms with Gasteiger partial charge in [-0.25, -0.2) is 4.98 Å². The number of carbonyl (C=O) groups excluding carboxylic acids is 1. The molecule has 1 aromatic rings. The van der Waals surface area contributed by atoms with Crippen LogP contribution in [0, 0.1) is 5.92 Å². The summed E-state index contributed by atoms with van der Waals surface area (Å²) in [6.45, 7) is 0.873. The van der Waals surface area contributed by atoms with Crippen LogP contribution in [0.1, 0.15) is 29.8 Å². The highest BCUT2D eigenvalue weighted by Crippen LogP contribution is 2.37. The lowest BCUT2D eigenvalue weighted by Crippen LogP contribution is -2.38. The van der Waals surface area contributed by atoms with Crippen molar-refractivity contribution in [2.75, 3.05) is 6.54 Å². The maximum Gasteiger partial charge on any atom is 0.274 e. The number of rotatable bonds is 1. The van der Waals surface area contributed by atoms with Gasteiger partial charge in [0.05, 0.1) is 12.4 Å². The maximum atomic E-state index is 12.2. The third-order valence-electron chi connectivity index (χ3n) is 3.49. The second kappa shape index (κ2) is 3.70. The highest BCUT2D eigenvalue weighted by molar-refractivity contribution is 6.29. The van der Waals surface area contributed by atoms with Gasteiger partial charge in [-0.3, -0.25) is 9.78 Å². The third kappa shape index (κ3) is 1.57. The van der Waals surface area contributed by atoms with Crippen molar-refractivity contribution in [1.29, 1.82) is 0 Å². The first kappa shape index (κ1) is 10.0. The van der Waals surface area contributed by atoms with E-state index in [4.69, 9.17) is 11.6 Å². The van der Waals surface area contributed by atoms with Crippen LogP contribution >= 0.6 is 11.6 Å². The van der Waals surface area contributed by atoms with Gasteiger partial charge in [0, 0.05) is 12.6 Å². The van der Waals surface area contributed by atoms with Gasteiger partial charge in [0.1, 0.15) is 10.8 Å². The zero-order chi connectivity index (χ0) is 11.1. The predicted molar refractivity (Wildman–Crippen MR) is 59.2 cm³/mol. The van der Waals surface area contributed by atoms with Gasteiger partial charge in [-0.2, -0.15) is 0 Å². The molecule has 1 amide bonds. The van der Waals surface area contributed by atoms with Crippen LogP contribution in [0.4, 0.5) is 0 Å². The summed E-state index contributed by atoms with van der Waals surface area (Å²) < 4.78 is 0. The van der Waals surface area contributed by atoms with E-state index in [1.54, 1.807) is 0 Å². The molecule has 5 heteroatoms. The number of aromatic nitrogens is 2. The topological polar surface area (TPSA) is 46.1 Å². The molecule has 2 bridgehead atoms. The number of fused-ring (bicyclic) bond motifs is 2. The second-order valence-corrected chi connectivity index (χ2v) is 4.90. The molecule has 2 fully saturated rings. The van der Waals surface area contributed by atoms with Crippen molar-refractivity contribution in [3.05, 3.63) is 23.2 Å². The minimum Gasteiger partial charge on any atom is -0.334 e. The van der Waals surface area contributed by atoms with Gasteiger partial charge in [0.15, 0.2) is 0 Å². The molecule has 3 rings (SSSR count). The Kier molecular flexibility index (Phi) is 2.32. The van der Waals surface area contributed by atoms with E-state index in [1.807, 2.05) is 4.90 Å². The molecule has 2 aliphatic rings. The van der Waals surface area contributed by atoms with Crippen molar-refractivity contribution in [3.8, 4) is 0 Å². The SMILES string of the molecule is O=C(c1cncc(Cl)n1)N1CC2CCC1C2. The number of hydrogen-bond acceptors (Lipinski definition) is 3. The molecule has 2 atom stereocenters. The number of nitrogens with zero attached hydrogens (tertiary/aromatic N) is 3. The Hall–Kier alpha value is -1.16. The van der Waals surface area contributed by atoms with Crippen LogP contribution in [0.25, 0.3) is 0 Å². The van der Waals surface area contributed by atoms with Crippen molar-refractivity contribution < 1.29 is 4.79 Å². The normalized spacial score (nSPS) is 27.4. The van der Waals surface area contributed by atoms with Crippen molar-refractivity contribution in [2.45, 2.75) is 25.3 Å². The first-order chi connectivity index (χ1) is 7.74. The van der Waals surface area contributed by atoms with E-state index in [0.29, 0.717) is 17.7 Å². The number of hydrogen-bond donors (Lipinski definition) is 0. The van der Waals surface area contributed by atoms with Crippen molar-refractivity contribution in [1.82, 2.24) is 14.9 Å². The second-order valence-electron chi connectivity index (χ2n) is 4.52. The first-order valence-electron chi connectivity index (χ1n) is 5.52. The Bertz CT molecular complexity index is 437. The van der Waals surface area contributed by atoms with Crippen molar-refractivity contribution >= 4 is 17.5 Å². The van der Waals surface area contributed by atoms with Gasteiger partial charge in [0.25, 0.3) is 5.91 Å². The number of likely N-dealkylation sites (tertiary alicyclic amines) is 1. The fourth-order valence-electron chi connectivity index (χ4n) is 2.77. The van der Waals surface area contributed by atoms with Crippen LogP contribution in [-0.4, -0.2) is 33.4 Å². The molecule has 0 aromatic carbocycles. The van der Waals surface area contributed by atoms with Crippen molar-refractivity contribution in [2.24, 2.45) is 5.92 Å². The van der Waals surface area contributed by atoms with Crippen LogP contribution in [0.15, 0.2) is 12.4 Å².